The van der Waals surface area contributed by atoms with Crippen molar-refractivity contribution in [1.82, 2.24) is 10.2 Å². The summed E-state index contributed by atoms with van der Waals surface area (Å²) in [5.74, 6) is -0.461. The van der Waals surface area contributed by atoms with Crippen LogP contribution in [0.1, 0.15) is 45.9 Å². The van der Waals surface area contributed by atoms with E-state index in [9.17, 15) is 18.0 Å². The molecule has 6 nitrogen and oxygen atoms in total. The van der Waals surface area contributed by atoms with Gasteiger partial charge in [0.05, 0.1) is 4.90 Å². The van der Waals surface area contributed by atoms with Gasteiger partial charge in [-0.25, -0.2) is 8.42 Å². The van der Waals surface area contributed by atoms with E-state index >= 15 is 0 Å². The van der Waals surface area contributed by atoms with Crippen LogP contribution in [-0.4, -0.2) is 37.9 Å². The molecule has 0 spiro atoms. The normalized spacial score (nSPS) is 16.3. The summed E-state index contributed by atoms with van der Waals surface area (Å²) in [7, 11) is -3.29. The van der Waals surface area contributed by atoms with E-state index in [2.05, 4.69) is 5.32 Å². The van der Waals surface area contributed by atoms with Gasteiger partial charge in [0.1, 0.15) is 6.04 Å². The molecule has 0 fully saturated rings. The second kappa shape index (κ2) is 9.60. The Morgan fingerprint density at radius 3 is 2.32 bits per heavy atom. The summed E-state index contributed by atoms with van der Waals surface area (Å²) in [5.41, 5.74) is 3.00. The zero-order chi connectivity index (χ0) is 24.5. The monoisotopic (exact) mass is 496 g/mol. The van der Waals surface area contributed by atoms with Crippen molar-refractivity contribution in [3.05, 3.63) is 100 Å². The molecule has 1 aliphatic rings. The number of carbonyl (C=O) groups is 2. The van der Waals surface area contributed by atoms with Gasteiger partial charge < -0.3 is 10.2 Å². The Morgan fingerprint density at radius 1 is 1.03 bits per heavy atom. The molecule has 0 aromatic heterocycles. The molecule has 2 unspecified atom stereocenters. The third-order valence-electron chi connectivity index (χ3n) is 6.03. The largest absolute Gasteiger partial charge is 0.350 e. The zero-order valence-corrected chi connectivity index (χ0v) is 20.4. The fourth-order valence-corrected chi connectivity index (χ4v) is 4.93. The molecule has 2 atom stereocenters. The van der Waals surface area contributed by atoms with E-state index < -0.39 is 15.9 Å². The maximum atomic E-state index is 13.3. The summed E-state index contributed by atoms with van der Waals surface area (Å²) >= 11 is 6.00. The fraction of sp³-hybridized carbons (Fsp3) is 0.231. The molecule has 0 saturated heterocycles. The highest BCUT2D eigenvalue weighted by molar-refractivity contribution is 7.90. The van der Waals surface area contributed by atoms with Crippen LogP contribution in [0.4, 0.5) is 0 Å². The summed E-state index contributed by atoms with van der Waals surface area (Å²) in [6, 6.07) is 20.3. The average Bonchev–Trinajstić information content (AvgIpc) is 3.09. The minimum Gasteiger partial charge on any atom is -0.350 e. The number of hydrogen-bond donors (Lipinski definition) is 1. The number of nitrogens with one attached hydrogen (secondary N) is 1. The summed E-state index contributed by atoms with van der Waals surface area (Å²) in [5, 5.41) is 3.55. The standard InChI is InChI=1S/C26H25ClN2O4S/c1-17(19-9-11-20(27)12-10-19)16-29-24(22-5-3-4-6-23(22)26(29)31)25(30)28-15-18-7-13-21(14-8-18)34(2,32)33/h3-14,17,24H,15-16H2,1-2H3,(H,28,30). The third kappa shape index (κ3) is 5.00. The Bertz CT molecular complexity index is 1320. The molecule has 34 heavy (non-hydrogen) atoms. The predicted octanol–water partition coefficient (Wildman–Crippen LogP) is 4.36. The quantitative estimate of drug-likeness (QED) is 0.526. The van der Waals surface area contributed by atoms with Gasteiger partial charge in [0.25, 0.3) is 5.91 Å². The SMILES string of the molecule is CC(CN1C(=O)c2ccccc2C1C(=O)NCc1ccc(S(C)(=O)=O)cc1)c1ccc(Cl)cc1. The van der Waals surface area contributed by atoms with Crippen LogP contribution in [0, 0.1) is 0 Å². The lowest BCUT2D eigenvalue weighted by atomic mass is 9.99. The van der Waals surface area contributed by atoms with Gasteiger partial charge in [-0.3, -0.25) is 9.59 Å². The van der Waals surface area contributed by atoms with Gasteiger partial charge in [-0.2, -0.15) is 0 Å². The number of rotatable bonds is 7. The van der Waals surface area contributed by atoms with Gasteiger partial charge in [0, 0.05) is 29.9 Å². The molecule has 3 aromatic carbocycles. The van der Waals surface area contributed by atoms with Crippen LogP contribution >= 0.6 is 11.6 Å². The first kappa shape index (κ1) is 24.0. The van der Waals surface area contributed by atoms with Crippen molar-refractivity contribution >= 4 is 33.3 Å². The van der Waals surface area contributed by atoms with Crippen molar-refractivity contribution in [3.8, 4) is 0 Å². The zero-order valence-electron chi connectivity index (χ0n) is 18.9. The molecular weight excluding hydrogens is 472 g/mol. The summed E-state index contributed by atoms with van der Waals surface area (Å²) in [6.45, 7) is 2.60. The Hall–Kier alpha value is -3.16. The van der Waals surface area contributed by atoms with E-state index in [1.165, 1.54) is 12.1 Å². The Labute approximate surface area is 204 Å². The van der Waals surface area contributed by atoms with Gasteiger partial charge in [-0.15, -0.1) is 0 Å². The lowest BCUT2D eigenvalue weighted by Crippen LogP contribution is -2.40. The van der Waals surface area contributed by atoms with Crippen LogP contribution in [0.2, 0.25) is 5.02 Å². The Morgan fingerprint density at radius 2 is 1.68 bits per heavy atom. The van der Waals surface area contributed by atoms with Gasteiger partial charge >= 0.3 is 0 Å². The molecule has 1 N–H and O–H groups in total. The van der Waals surface area contributed by atoms with E-state index in [0.29, 0.717) is 22.7 Å². The third-order valence-corrected chi connectivity index (χ3v) is 7.41. The number of halogens is 1. The van der Waals surface area contributed by atoms with Gasteiger partial charge in [0.2, 0.25) is 5.91 Å². The van der Waals surface area contributed by atoms with E-state index in [1.54, 1.807) is 29.2 Å². The van der Waals surface area contributed by atoms with Crippen LogP contribution in [0.5, 0.6) is 0 Å². The fourth-order valence-electron chi connectivity index (χ4n) is 4.17. The molecule has 1 aliphatic heterocycles. The van der Waals surface area contributed by atoms with Crippen LogP contribution in [0.15, 0.2) is 77.7 Å². The van der Waals surface area contributed by atoms with E-state index in [4.69, 9.17) is 11.6 Å². The second-order valence-electron chi connectivity index (χ2n) is 8.53. The minimum absolute atomic E-state index is 0.00522. The van der Waals surface area contributed by atoms with Gasteiger partial charge in [-0.05, 0) is 52.9 Å². The molecule has 1 heterocycles. The molecule has 176 valence electrons. The summed E-state index contributed by atoms with van der Waals surface area (Å²) in [4.78, 5) is 28.4. The maximum Gasteiger partial charge on any atom is 0.255 e. The lowest BCUT2D eigenvalue weighted by molar-refractivity contribution is -0.125. The highest BCUT2D eigenvalue weighted by Gasteiger charge is 2.41. The van der Waals surface area contributed by atoms with Crippen LogP contribution < -0.4 is 5.32 Å². The minimum atomic E-state index is -3.29. The molecule has 0 saturated carbocycles. The van der Waals surface area contributed by atoms with Crippen molar-refractivity contribution in [3.63, 3.8) is 0 Å². The molecular formula is C26H25ClN2O4S. The summed E-state index contributed by atoms with van der Waals surface area (Å²) < 4.78 is 23.3. The van der Waals surface area contributed by atoms with Crippen molar-refractivity contribution in [1.29, 1.82) is 0 Å². The van der Waals surface area contributed by atoms with E-state index in [-0.39, 0.29) is 29.2 Å². The molecule has 8 heteroatoms. The molecule has 0 bridgehead atoms. The first-order valence-corrected chi connectivity index (χ1v) is 13.1. The number of nitrogens with zero attached hydrogens (tertiary/aromatic N) is 1. The average molecular weight is 497 g/mol. The van der Waals surface area contributed by atoms with E-state index in [1.807, 2.05) is 43.3 Å². The number of fused-ring (bicyclic) bond motifs is 1. The first-order chi connectivity index (χ1) is 16.1. The molecule has 2 amide bonds. The van der Waals surface area contributed by atoms with Crippen LogP contribution in [-0.2, 0) is 21.2 Å². The number of benzene rings is 3. The Kier molecular flexibility index (Phi) is 6.77. The highest BCUT2D eigenvalue weighted by Crippen LogP contribution is 2.35. The van der Waals surface area contributed by atoms with Gasteiger partial charge in [0.15, 0.2) is 9.84 Å². The molecule has 0 aliphatic carbocycles. The topological polar surface area (TPSA) is 83.6 Å². The van der Waals surface area contributed by atoms with Crippen LogP contribution in [0.3, 0.4) is 0 Å². The molecule has 0 radical (unpaired) electrons. The smallest absolute Gasteiger partial charge is 0.255 e. The van der Waals surface area contributed by atoms with Crippen molar-refractivity contribution in [2.45, 2.75) is 30.3 Å². The van der Waals surface area contributed by atoms with Crippen LogP contribution in [0.25, 0.3) is 0 Å². The lowest BCUT2D eigenvalue weighted by Gasteiger charge is -2.27. The van der Waals surface area contributed by atoms with Gasteiger partial charge in [-0.1, -0.05) is 61.0 Å². The van der Waals surface area contributed by atoms with E-state index in [0.717, 1.165) is 17.4 Å². The summed E-state index contributed by atoms with van der Waals surface area (Å²) in [6.07, 6.45) is 1.15. The number of hydrogen-bond acceptors (Lipinski definition) is 4. The number of sulfone groups is 1. The number of carbonyl (C=O) groups excluding carboxylic acids is 2. The Balaban J connectivity index is 1.53. The molecule has 3 aromatic rings. The maximum absolute atomic E-state index is 13.3. The first-order valence-electron chi connectivity index (χ1n) is 10.9. The predicted molar refractivity (Wildman–Crippen MR) is 131 cm³/mol. The van der Waals surface area contributed by atoms with Crippen molar-refractivity contribution in [2.75, 3.05) is 12.8 Å². The van der Waals surface area contributed by atoms with Crippen molar-refractivity contribution < 1.29 is 18.0 Å². The second-order valence-corrected chi connectivity index (χ2v) is 11.0. The highest BCUT2D eigenvalue weighted by atomic mass is 35.5. The van der Waals surface area contributed by atoms with Crippen molar-refractivity contribution in [2.24, 2.45) is 0 Å². The number of amides is 2. The molecule has 4 rings (SSSR count).